The lowest BCUT2D eigenvalue weighted by Crippen LogP contribution is -2.17. The van der Waals surface area contributed by atoms with E-state index in [-0.39, 0.29) is 21.8 Å². The molecule has 0 spiro atoms. The number of rotatable bonds is 8. The van der Waals surface area contributed by atoms with Gasteiger partial charge in [0.2, 0.25) is 0 Å². The van der Waals surface area contributed by atoms with Gasteiger partial charge in [-0.15, -0.1) is 5.10 Å². The summed E-state index contributed by atoms with van der Waals surface area (Å²) in [7, 11) is 2.13. The molecule has 0 aliphatic heterocycles. The molecule has 1 aromatic heterocycles. The first-order valence-corrected chi connectivity index (χ1v) is 12.5. The van der Waals surface area contributed by atoms with E-state index in [1.165, 1.54) is 28.1 Å². The van der Waals surface area contributed by atoms with Crippen LogP contribution in [0.2, 0.25) is 10.0 Å². The molecule has 0 aliphatic rings. The number of hydrogen-bond donors (Lipinski definition) is 1. The molecule has 0 radical (unpaired) electrons. The average Bonchev–Trinajstić information content (AvgIpc) is 2.91. The van der Waals surface area contributed by atoms with Crippen LogP contribution in [0, 0.1) is 0 Å². The Balaban J connectivity index is 1.16. The molecule has 0 fully saturated rings. The average molecular weight is 531 g/mol. The lowest BCUT2D eigenvalue weighted by atomic mass is 10.0. The standard InChI is InChI=1S/C29H24Cl2N4O2/c1-35(17-22-7-4-6-21-5-2-3-8-24(21)22)16-19-9-11-20(12-10-19)18-37-29-32-15-27(33-34-29)23-13-25(30)28(36)26(31)14-23/h2-15,36H,16-18H2,1H3. The Hall–Kier alpha value is -3.71. The molecule has 0 aliphatic carbocycles. The topological polar surface area (TPSA) is 71.4 Å². The van der Waals surface area contributed by atoms with Crippen molar-refractivity contribution >= 4 is 34.0 Å². The fraction of sp³-hybridized carbons (Fsp3) is 0.138. The minimum atomic E-state index is -0.171. The van der Waals surface area contributed by atoms with Gasteiger partial charge >= 0.3 is 6.01 Å². The van der Waals surface area contributed by atoms with E-state index in [9.17, 15) is 5.11 Å². The van der Waals surface area contributed by atoms with Crippen LogP contribution in [0.5, 0.6) is 11.8 Å². The second-order valence-corrected chi connectivity index (χ2v) is 9.64. The van der Waals surface area contributed by atoms with Crippen LogP contribution in [-0.4, -0.2) is 32.2 Å². The summed E-state index contributed by atoms with van der Waals surface area (Å²) < 4.78 is 5.70. The molecule has 0 bridgehead atoms. The number of phenols is 1. The highest BCUT2D eigenvalue weighted by Gasteiger charge is 2.11. The summed E-state index contributed by atoms with van der Waals surface area (Å²) in [6.45, 7) is 2.03. The van der Waals surface area contributed by atoms with Gasteiger partial charge in [0.15, 0.2) is 5.75 Å². The number of fused-ring (bicyclic) bond motifs is 1. The molecule has 8 heteroatoms. The van der Waals surface area contributed by atoms with E-state index >= 15 is 0 Å². The molecule has 6 nitrogen and oxygen atoms in total. The van der Waals surface area contributed by atoms with Crippen molar-refractivity contribution in [3.8, 4) is 23.0 Å². The lowest BCUT2D eigenvalue weighted by Gasteiger charge is -2.18. The Labute approximate surface area is 225 Å². The summed E-state index contributed by atoms with van der Waals surface area (Å²) >= 11 is 12.0. The van der Waals surface area contributed by atoms with Crippen LogP contribution in [0.15, 0.2) is 85.1 Å². The number of benzene rings is 4. The van der Waals surface area contributed by atoms with Crippen molar-refractivity contribution in [2.24, 2.45) is 0 Å². The zero-order chi connectivity index (χ0) is 25.8. The third-order valence-corrected chi connectivity index (χ3v) is 6.59. The first-order chi connectivity index (χ1) is 18.0. The maximum atomic E-state index is 9.72. The van der Waals surface area contributed by atoms with E-state index in [4.69, 9.17) is 27.9 Å². The van der Waals surface area contributed by atoms with E-state index in [1.807, 2.05) is 12.1 Å². The van der Waals surface area contributed by atoms with Crippen molar-refractivity contribution in [2.45, 2.75) is 19.7 Å². The quantitative estimate of drug-likeness (QED) is 0.235. The number of phenolic OH excluding ortho intramolecular Hbond substituents is 1. The van der Waals surface area contributed by atoms with Gasteiger partial charge in [-0.05, 0) is 46.6 Å². The van der Waals surface area contributed by atoms with Crippen LogP contribution in [0.25, 0.3) is 22.0 Å². The van der Waals surface area contributed by atoms with Crippen molar-refractivity contribution in [2.75, 3.05) is 7.05 Å². The predicted molar refractivity (Wildman–Crippen MR) is 147 cm³/mol. The maximum absolute atomic E-state index is 9.72. The number of ether oxygens (including phenoxy) is 1. The van der Waals surface area contributed by atoms with Crippen LogP contribution < -0.4 is 4.74 Å². The summed E-state index contributed by atoms with van der Waals surface area (Å²) in [5.41, 5.74) is 4.61. The normalized spacial score (nSPS) is 11.2. The van der Waals surface area contributed by atoms with Gasteiger partial charge in [0.05, 0.1) is 16.2 Å². The molecule has 0 saturated heterocycles. The minimum absolute atomic E-state index is 0.132. The fourth-order valence-electron chi connectivity index (χ4n) is 4.15. The molecule has 4 aromatic carbocycles. The Morgan fingerprint density at radius 3 is 2.27 bits per heavy atom. The zero-order valence-corrected chi connectivity index (χ0v) is 21.6. The molecular formula is C29H24Cl2N4O2. The highest BCUT2D eigenvalue weighted by Crippen LogP contribution is 2.35. The summed E-state index contributed by atoms with van der Waals surface area (Å²) in [6.07, 6.45) is 1.52. The summed E-state index contributed by atoms with van der Waals surface area (Å²) in [5.74, 6) is -0.171. The van der Waals surface area contributed by atoms with Crippen LogP contribution in [0.3, 0.4) is 0 Å². The molecule has 1 heterocycles. The van der Waals surface area contributed by atoms with E-state index < -0.39 is 0 Å². The van der Waals surface area contributed by atoms with Crippen molar-refractivity contribution < 1.29 is 9.84 Å². The summed E-state index contributed by atoms with van der Waals surface area (Å²) in [6, 6.07) is 26.5. The van der Waals surface area contributed by atoms with E-state index in [2.05, 4.69) is 81.7 Å². The second kappa shape index (κ2) is 11.1. The number of hydrogen-bond acceptors (Lipinski definition) is 6. The van der Waals surface area contributed by atoms with Crippen molar-refractivity contribution in [3.05, 3.63) is 112 Å². The molecule has 0 saturated carbocycles. The van der Waals surface area contributed by atoms with Gasteiger partial charge < -0.3 is 9.84 Å². The molecule has 186 valence electrons. The zero-order valence-electron chi connectivity index (χ0n) is 20.1. The fourth-order valence-corrected chi connectivity index (χ4v) is 4.64. The molecule has 0 amide bonds. The van der Waals surface area contributed by atoms with Gasteiger partial charge in [0.25, 0.3) is 0 Å². The van der Waals surface area contributed by atoms with Crippen molar-refractivity contribution in [1.29, 1.82) is 0 Å². The van der Waals surface area contributed by atoms with E-state index in [1.54, 1.807) is 12.1 Å². The Kier molecular flexibility index (Phi) is 7.51. The summed E-state index contributed by atoms with van der Waals surface area (Å²) in [4.78, 5) is 6.53. The highest BCUT2D eigenvalue weighted by molar-refractivity contribution is 6.37. The van der Waals surface area contributed by atoms with Crippen LogP contribution >= 0.6 is 23.2 Å². The minimum Gasteiger partial charge on any atom is -0.505 e. The van der Waals surface area contributed by atoms with Gasteiger partial charge in [-0.3, -0.25) is 4.90 Å². The summed E-state index contributed by atoms with van der Waals surface area (Å²) in [5, 5.41) is 20.7. The molecule has 5 rings (SSSR count). The number of halogens is 2. The van der Waals surface area contributed by atoms with Gasteiger partial charge in [0.1, 0.15) is 12.3 Å². The van der Waals surface area contributed by atoms with Crippen molar-refractivity contribution in [1.82, 2.24) is 20.1 Å². The highest BCUT2D eigenvalue weighted by atomic mass is 35.5. The van der Waals surface area contributed by atoms with Crippen LogP contribution in [0.4, 0.5) is 0 Å². The molecule has 5 aromatic rings. The van der Waals surface area contributed by atoms with Crippen LogP contribution in [-0.2, 0) is 19.7 Å². The number of nitrogens with zero attached hydrogens (tertiary/aromatic N) is 4. The first kappa shape index (κ1) is 25.0. The van der Waals surface area contributed by atoms with E-state index in [0.29, 0.717) is 17.9 Å². The number of aromatic hydroxyl groups is 1. The first-order valence-electron chi connectivity index (χ1n) is 11.7. The molecule has 37 heavy (non-hydrogen) atoms. The smallest absolute Gasteiger partial charge is 0.336 e. The number of aromatic nitrogens is 3. The largest absolute Gasteiger partial charge is 0.505 e. The monoisotopic (exact) mass is 530 g/mol. The van der Waals surface area contributed by atoms with Gasteiger partial charge in [-0.2, -0.15) is 0 Å². The maximum Gasteiger partial charge on any atom is 0.336 e. The Morgan fingerprint density at radius 2 is 1.54 bits per heavy atom. The second-order valence-electron chi connectivity index (χ2n) is 8.83. The lowest BCUT2D eigenvalue weighted by molar-refractivity contribution is 0.276. The predicted octanol–water partition coefficient (Wildman–Crippen LogP) is 6.92. The molecular weight excluding hydrogens is 507 g/mol. The van der Waals surface area contributed by atoms with Crippen LogP contribution in [0.1, 0.15) is 16.7 Å². The third kappa shape index (κ3) is 6.00. The van der Waals surface area contributed by atoms with E-state index in [0.717, 1.165) is 18.7 Å². The van der Waals surface area contributed by atoms with Gasteiger partial charge in [-0.1, -0.05) is 95.0 Å². The van der Waals surface area contributed by atoms with Gasteiger partial charge in [-0.25, -0.2) is 4.98 Å². The van der Waals surface area contributed by atoms with Crippen molar-refractivity contribution in [3.63, 3.8) is 0 Å². The molecule has 1 N–H and O–H groups in total. The molecule has 0 unspecified atom stereocenters. The molecule has 0 atom stereocenters. The third-order valence-electron chi connectivity index (χ3n) is 6.02. The van der Waals surface area contributed by atoms with Gasteiger partial charge in [0, 0.05) is 18.7 Å². The Bertz CT molecular complexity index is 1500. The SMILES string of the molecule is CN(Cc1ccc(COc2ncc(-c3cc(Cl)c(O)c(Cl)c3)nn2)cc1)Cc1cccc2ccccc12. The Morgan fingerprint density at radius 1 is 0.838 bits per heavy atom.